The fourth-order valence-electron chi connectivity index (χ4n) is 1.00. The van der Waals surface area contributed by atoms with E-state index in [4.69, 9.17) is 16.8 Å². The molecule has 0 aliphatic carbocycles. The van der Waals surface area contributed by atoms with Crippen molar-refractivity contribution in [3.63, 3.8) is 0 Å². The predicted molar refractivity (Wildman–Crippen MR) is 49.3 cm³/mol. The van der Waals surface area contributed by atoms with Gasteiger partial charge in [0, 0.05) is 0 Å². The van der Waals surface area contributed by atoms with Gasteiger partial charge in [0.15, 0.2) is 0 Å². The second-order valence-corrected chi connectivity index (χ2v) is 3.15. The van der Waals surface area contributed by atoms with E-state index in [-0.39, 0.29) is 5.50 Å². The molecule has 2 nitrogen and oxygen atoms in total. The van der Waals surface area contributed by atoms with Crippen LogP contribution in [0.4, 0.5) is 0 Å². The lowest BCUT2D eigenvalue weighted by Crippen LogP contribution is -2.19. The maximum Gasteiger partial charge on any atom is 0.106 e. The maximum atomic E-state index is 8.43. The minimum absolute atomic E-state index is 0.356. The monoisotopic (exact) mass is 185 g/mol. The van der Waals surface area contributed by atoms with Gasteiger partial charge in [0.05, 0.1) is 0 Å². The van der Waals surface area contributed by atoms with E-state index < -0.39 is 0 Å². The number of hydrogen-bond acceptors (Lipinski definition) is 2. The number of hydroxylamine groups is 1. The topological polar surface area (TPSA) is 32.3 Å². The van der Waals surface area contributed by atoms with Gasteiger partial charge in [-0.1, -0.05) is 30.3 Å². The first-order chi connectivity index (χ1) is 5.83. The smallest absolute Gasteiger partial charge is 0.106 e. The third-order valence-corrected chi connectivity index (χ3v) is 1.99. The SMILES string of the molecule is ONC(Cl)CCc1ccccc1. The van der Waals surface area contributed by atoms with Gasteiger partial charge in [-0.25, -0.2) is 0 Å². The van der Waals surface area contributed by atoms with Crippen molar-refractivity contribution in [1.82, 2.24) is 5.48 Å². The van der Waals surface area contributed by atoms with Crippen molar-refractivity contribution in [3.8, 4) is 0 Å². The largest absolute Gasteiger partial charge is 0.315 e. The van der Waals surface area contributed by atoms with E-state index in [1.807, 2.05) is 35.8 Å². The van der Waals surface area contributed by atoms with Crippen LogP contribution in [0.25, 0.3) is 0 Å². The molecule has 0 aliphatic rings. The molecule has 1 aromatic rings. The van der Waals surface area contributed by atoms with E-state index in [1.165, 1.54) is 5.56 Å². The number of rotatable bonds is 4. The molecule has 66 valence electrons. The molecule has 0 saturated heterocycles. The van der Waals surface area contributed by atoms with Crippen molar-refractivity contribution in [3.05, 3.63) is 35.9 Å². The van der Waals surface area contributed by atoms with Crippen LogP contribution in [0.5, 0.6) is 0 Å². The summed E-state index contributed by atoms with van der Waals surface area (Å²) in [6.45, 7) is 0. The van der Waals surface area contributed by atoms with Crippen molar-refractivity contribution in [2.75, 3.05) is 0 Å². The molecule has 0 bridgehead atoms. The van der Waals surface area contributed by atoms with Crippen LogP contribution in [0.3, 0.4) is 0 Å². The molecule has 0 heterocycles. The molecule has 0 saturated carbocycles. The summed E-state index contributed by atoms with van der Waals surface area (Å²) >= 11 is 5.65. The zero-order valence-corrected chi connectivity index (χ0v) is 7.46. The Morgan fingerprint density at radius 2 is 2.00 bits per heavy atom. The Hall–Kier alpha value is -0.570. The van der Waals surface area contributed by atoms with Crippen LogP contribution in [0, 0.1) is 0 Å². The second-order valence-electron chi connectivity index (χ2n) is 2.62. The van der Waals surface area contributed by atoms with Crippen molar-refractivity contribution in [1.29, 1.82) is 0 Å². The van der Waals surface area contributed by atoms with Gasteiger partial charge in [-0.05, 0) is 18.4 Å². The molecule has 0 aromatic heterocycles. The van der Waals surface area contributed by atoms with Crippen molar-refractivity contribution >= 4 is 11.6 Å². The number of alkyl halides is 1. The summed E-state index contributed by atoms with van der Waals surface area (Å²) in [7, 11) is 0. The highest BCUT2D eigenvalue weighted by atomic mass is 35.5. The molecule has 0 radical (unpaired) electrons. The minimum atomic E-state index is -0.356. The first kappa shape index (κ1) is 9.52. The van der Waals surface area contributed by atoms with Crippen LogP contribution >= 0.6 is 11.6 Å². The Morgan fingerprint density at radius 1 is 1.33 bits per heavy atom. The fourth-order valence-corrected chi connectivity index (χ4v) is 1.11. The highest BCUT2D eigenvalue weighted by Gasteiger charge is 2.00. The van der Waals surface area contributed by atoms with Crippen LogP contribution in [-0.4, -0.2) is 10.7 Å². The Kier molecular flexibility index (Phi) is 4.08. The zero-order valence-electron chi connectivity index (χ0n) is 6.70. The molecule has 1 unspecified atom stereocenters. The van der Waals surface area contributed by atoms with Gasteiger partial charge in [-0.3, -0.25) is 0 Å². The average molecular weight is 186 g/mol. The molecule has 1 atom stereocenters. The summed E-state index contributed by atoms with van der Waals surface area (Å²) in [4.78, 5) is 0. The molecule has 0 spiro atoms. The first-order valence-electron chi connectivity index (χ1n) is 3.90. The van der Waals surface area contributed by atoms with Gasteiger partial charge in [-0.15, -0.1) is 11.6 Å². The summed E-state index contributed by atoms with van der Waals surface area (Å²) in [5.74, 6) is 0. The summed E-state index contributed by atoms with van der Waals surface area (Å²) in [5, 5.41) is 8.43. The number of aryl methyl sites for hydroxylation is 1. The normalized spacial score (nSPS) is 12.8. The Balaban J connectivity index is 2.33. The van der Waals surface area contributed by atoms with Crippen molar-refractivity contribution in [2.24, 2.45) is 0 Å². The third kappa shape index (κ3) is 3.22. The summed E-state index contributed by atoms with van der Waals surface area (Å²) in [6.07, 6.45) is 1.60. The van der Waals surface area contributed by atoms with E-state index >= 15 is 0 Å². The Morgan fingerprint density at radius 3 is 2.58 bits per heavy atom. The molecule has 2 N–H and O–H groups in total. The Bertz CT molecular complexity index is 215. The quantitative estimate of drug-likeness (QED) is 0.428. The molecule has 1 aromatic carbocycles. The van der Waals surface area contributed by atoms with Crippen LogP contribution in [-0.2, 0) is 6.42 Å². The van der Waals surface area contributed by atoms with Gasteiger partial charge < -0.3 is 5.21 Å². The van der Waals surface area contributed by atoms with Gasteiger partial charge in [0.2, 0.25) is 0 Å². The summed E-state index contributed by atoms with van der Waals surface area (Å²) in [6, 6.07) is 10.0. The van der Waals surface area contributed by atoms with Gasteiger partial charge in [0.25, 0.3) is 0 Å². The lowest BCUT2D eigenvalue weighted by molar-refractivity contribution is 0.151. The molecular weight excluding hydrogens is 174 g/mol. The second kappa shape index (κ2) is 5.14. The van der Waals surface area contributed by atoms with Crippen LogP contribution in [0.1, 0.15) is 12.0 Å². The fraction of sp³-hybridized carbons (Fsp3) is 0.333. The lowest BCUT2D eigenvalue weighted by Gasteiger charge is -2.05. The van der Waals surface area contributed by atoms with E-state index in [1.54, 1.807) is 0 Å². The van der Waals surface area contributed by atoms with E-state index in [2.05, 4.69) is 0 Å². The minimum Gasteiger partial charge on any atom is -0.315 e. The first-order valence-corrected chi connectivity index (χ1v) is 4.34. The third-order valence-electron chi connectivity index (χ3n) is 1.67. The van der Waals surface area contributed by atoms with Gasteiger partial charge in [-0.2, -0.15) is 5.48 Å². The molecule has 1 rings (SSSR count). The summed E-state index contributed by atoms with van der Waals surface area (Å²) < 4.78 is 0. The Labute approximate surface area is 77.1 Å². The highest BCUT2D eigenvalue weighted by Crippen LogP contribution is 2.06. The maximum absolute atomic E-state index is 8.43. The van der Waals surface area contributed by atoms with Crippen LogP contribution in [0.15, 0.2) is 30.3 Å². The zero-order chi connectivity index (χ0) is 8.81. The van der Waals surface area contributed by atoms with Gasteiger partial charge in [0.1, 0.15) is 5.50 Å². The molecule has 0 amide bonds. The average Bonchev–Trinajstić information content (AvgIpc) is 2.16. The predicted octanol–water partition coefficient (Wildman–Crippen LogP) is 2.16. The summed E-state index contributed by atoms with van der Waals surface area (Å²) in [5.41, 5.74) is 2.88. The van der Waals surface area contributed by atoms with Gasteiger partial charge >= 0.3 is 0 Å². The highest BCUT2D eigenvalue weighted by molar-refractivity contribution is 6.20. The van der Waals surface area contributed by atoms with Crippen molar-refractivity contribution in [2.45, 2.75) is 18.3 Å². The van der Waals surface area contributed by atoms with Crippen LogP contribution < -0.4 is 5.48 Å². The number of benzene rings is 1. The number of nitrogens with one attached hydrogen (secondary N) is 1. The lowest BCUT2D eigenvalue weighted by atomic mass is 10.1. The molecule has 3 heteroatoms. The number of halogens is 1. The van der Waals surface area contributed by atoms with Crippen molar-refractivity contribution < 1.29 is 5.21 Å². The molecule has 0 fully saturated rings. The standard InChI is InChI=1S/C9H12ClNO/c10-9(11-12)7-6-8-4-2-1-3-5-8/h1-5,9,11-12H,6-7H2. The van der Waals surface area contributed by atoms with E-state index in [0.29, 0.717) is 0 Å². The number of hydrogen-bond donors (Lipinski definition) is 2. The van der Waals surface area contributed by atoms with E-state index in [9.17, 15) is 0 Å². The van der Waals surface area contributed by atoms with E-state index in [0.717, 1.165) is 12.8 Å². The molecule has 0 aliphatic heterocycles. The van der Waals surface area contributed by atoms with Crippen LogP contribution in [0.2, 0.25) is 0 Å². The molecular formula is C9H12ClNO. The molecule has 12 heavy (non-hydrogen) atoms.